The van der Waals surface area contributed by atoms with Crippen molar-refractivity contribution >= 4 is 24.8 Å². The van der Waals surface area contributed by atoms with Gasteiger partial charge in [-0.25, -0.2) is 0 Å². The van der Waals surface area contributed by atoms with Crippen LogP contribution in [0.2, 0.25) is 0 Å². The molecule has 5 heteroatoms. The van der Waals surface area contributed by atoms with E-state index in [9.17, 15) is 0 Å². The van der Waals surface area contributed by atoms with Crippen LogP contribution >= 0.6 is 24.8 Å². The Morgan fingerprint density at radius 3 is 2.70 bits per heavy atom. The molecule has 0 aliphatic carbocycles. The fourth-order valence-electron chi connectivity index (χ4n) is 3.11. The molecule has 0 aromatic heterocycles. The molecule has 0 bridgehead atoms. The minimum Gasteiger partial charge on any atom is -0.493 e. The van der Waals surface area contributed by atoms with E-state index in [0.717, 1.165) is 45.0 Å². The van der Waals surface area contributed by atoms with Crippen molar-refractivity contribution in [2.75, 3.05) is 32.8 Å². The molecule has 2 heterocycles. The maximum atomic E-state index is 5.59. The molecular weight excluding hydrogens is 295 g/mol. The molecular formula is C15H24Cl2N2O. The first-order valence-corrected chi connectivity index (χ1v) is 7.09. The average Bonchev–Trinajstić information content (AvgIpc) is 2.88. The summed E-state index contributed by atoms with van der Waals surface area (Å²) in [4.78, 5) is 2.61. The molecule has 0 saturated carbocycles. The van der Waals surface area contributed by atoms with E-state index in [-0.39, 0.29) is 24.8 Å². The predicted molar refractivity (Wildman–Crippen MR) is 87.6 cm³/mol. The quantitative estimate of drug-likeness (QED) is 0.927. The van der Waals surface area contributed by atoms with Gasteiger partial charge in [0.05, 0.1) is 6.61 Å². The Morgan fingerprint density at radius 2 is 2.00 bits per heavy atom. The molecule has 0 spiro atoms. The van der Waals surface area contributed by atoms with Crippen LogP contribution in [0.25, 0.3) is 0 Å². The molecule has 0 unspecified atom stereocenters. The molecule has 20 heavy (non-hydrogen) atoms. The van der Waals surface area contributed by atoms with Gasteiger partial charge in [0.25, 0.3) is 0 Å². The van der Waals surface area contributed by atoms with Crippen LogP contribution in [0.15, 0.2) is 18.2 Å². The minimum atomic E-state index is 0. The first-order valence-electron chi connectivity index (χ1n) is 7.09. The van der Waals surface area contributed by atoms with Crippen LogP contribution in [0.5, 0.6) is 5.75 Å². The summed E-state index contributed by atoms with van der Waals surface area (Å²) in [7, 11) is 0. The molecule has 1 aromatic rings. The van der Waals surface area contributed by atoms with E-state index in [1.54, 1.807) is 0 Å². The van der Waals surface area contributed by atoms with Gasteiger partial charge in [0.2, 0.25) is 0 Å². The SMILES string of the molecule is CC[C@H](c1ccc2c(c1)CCO2)N1CCNCC1.Cl.Cl. The number of nitrogens with one attached hydrogen (secondary N) is 1. The second-order valence-electron chi connectivity index (χ2n) is 5.18. The zero-order valence-corrected chi connectivity index (χ0v) is 13.6. The van der Waals surface area contributed by atoms with Gasteiger partial charge in [-0.15, -0.1) is 24.8 Å². The highest BCUT2D eigenvalue weighted by atomic mass is 35.5. The van der Waals surface area contributed by atoms with E-state index < -0.39 is 0 Å². The van der Waals surface area contributed by atoms with E-state index >= 15 is 0 Å². The van der Waals surface area contributed by atoms with Gasteiger partial charge in [0.1, 0.15) is 5.75 Å². The molecule has 1 saturated heterocycles. The second kappa shape index (κ2) is 8.08. The molecule has 1 fully saturated rings. The number of nitrogens with zero attached hydrogens (tertiary/aromatic N) is 1. The Labute approximate surface area is 133 Å². The van der Waals surface area contributed by atoms with Crippen molar-refractivity contribution in [3.63, 3.8) is 0 Å². The molecule has 1 atom stereocenters. The highest BCUT2D eigenvalue weighted by Crippen LogP contribution is 2.31. The lowest BCUT2D eigenvalue weighted by molar-refractivity contribution is 0.169. The number of fused-ring (bicyclic) bond motifs is 1. The number of benzene rings is 1. The molecule has 2 aliphatic heterocycles. The van der Waals surface area contributed by atoms with Gasteiger partial charge in [0.15, 0.2) is 0 Å². The minimum absolute atomic E-state index is 0. The van der Waals surface area contributed by atoms with Gasteiger partial charge < -0.3 is 10.1 Å². The Morgan fingerprint density at radius 1 is 1.25 bits per heavy atom. The highest BCUT2D eigenvalue weighted by molar-refractivity contribution is 5.85. The molecule has 0 amide bonds. The van der Waals surface area contributed by atoms with Gasteiger partial charge in [-0.2, -0.15) is 0 Å². The summed E-state index contributed by atoms with van der Waals surface area (Å²) in [5, 5.41) is 3.43. The van der Waals surface area contributed by atoms with Crippen molar-refractivity contribution in [2.45, 2.75) is 25.8 Å². The van der Waals surface area contributed by atoms with E-state index in [2.05, 4.69) is 35.3 Å². The highest BCUT2D eigenvalue weighted by Gasteiger charge is 2.22. The summed E-state index contributed by atoms with van der Waals surface area (Å²) >= 11 is 0. The van der Waals surface area contributed by atoms with E-state index in [1.165, 1.54) is 17.5 Å². The summed E-state index contributed by atoms with van der Waals surface area (Å²) < 4.78 is 5.59. The number of hydrogen-bond acceptors (Lipinski definition) is 3. The van der Waals surface area contributed by atoms with Gasteiger partial charge >= 0.3 is 0 Å². The van der Waals surface area contributed by atoms with Crippen molar-refractivity contribution in [2.24, 2.45) is 0 Å². The second-order valence-corrected chi connectivity index (χ2v) is 5.18. The summed E-state index contributed by atoms with van der Waals surface area (Å²) in [5.74, 6) is 1.09. The molecule has 3 nitrogen and oxygen atoms in total. The van der Waals surface area contributed by atoms with Crippen molar-refractivity contribution in [3.05, 3.63) is 29.3 Å². The Balaban J connectivity index is 0.000001000. The maximum Gasteiger partial charge on any atom is 0.122 e. The van der Waals surface area contributed by atoms with Crippen molar-refractivity contribution < 1.29 is 4.74 Å². The molecule has 3 rings (SSSR count). The standard InChI is InChI=1S/C15H22N2O.2ClH/c1-2-14(17-8-6-16-7-9-17)12-3-4-15-13(11-12)5-10-18-15;;/h3-4,11,14,16H,2,5-10H2,1H3;2*1H/t14-;;/m1../s1. The Kier molecular flexibility index (Phi) is 7.10. The lowest BCUT2D eigenvalue weighted by Crippen LogP contribution is -2.45. The molecule has 114 valence electrons. The van der Waals surface area contributed by atoms with Crippen LogP contribution in [0.4, 0.5) is 0 Å². The van der Waals surface area contributed by atoms with Crippen LogP contribution in [-0.4, -0.2) is 37.7 Å². The average molecular weight is 319 g/mol. The lowest BCUT2D eigenvalue weighted by Gasteiger charge is -2.34. The van der Waals surface area contributed by atoms with E-state index in [4.69, 9.17) is 4.74 Å². The summed E-state index contributed by atoms with van der Waals surface area (Å²) in [5.41, 5.74) is 2.85. The molecule has 1 N–H and O–H groups in total. The fourth-order valence-corrected chi connectivity index (χ4v) is 3.11. The third kappa shape index (κ3) is 3.59. The monoisotopic (exact) mass is 318 g/mol. The number of halogens is 2. The van der Waals surface area contributed by atoms with Crippen LogP contribution in [0, 0.1) is 0 Å². The largest absolute Gasteiger partial charge is 0.493 e. The van der Waals surface area contributed by atoms with Gasteiger partial charge in [-0.05, 0) is 23.6 Å². The maximum absolute atomic E-state index is 5.59. The summed E-state index contributed by atoms with van der Waals surface area (Å²) in [6, 6.07) is 7.33. The van der Waals surface area contributed by atoms with Crippen molar-refractivity contribution in [3.8, 4) is 5.75 Å². The van der Waals surface area contributed by atoms with Crippen LogP contribution in [0.3, 0.4) is 0 Å². The molecule has 0 radical (unpaired) electrons. The van der Waals surface area contributed by atoms with E-state index in [1.807, 2.05) is 0 Å². The zero-order valence-electron chi connectivity index (χ0n) is 11.9. The first kappa shape index (κ1) is 17.6. The number of rotatable bonds is 3. The van der Waals surface area contributed by atoms with Gasteiger partial charge in [0, 0.05) is 38.6 Å². The van der Waals surface area contributed by atoms with Gasteiger partial charge in [-0.1, -0.05) is 19.1 Å². The Bertz CT molecular complexity index is 422. The predicted octanol–water partition coefficient (Wildman–Crippen LogP) is 2.82. The molecule has 2 aliphatic rings. The van der Waals surface area contributed by atoms with E-state index in [0.29, 0.717) is 6.04 Å². The smallest absolute Gasteiger partial charge is 0.122 e. The summed E-state index contributed by atoms with van der Waals surface area (Å²) in [6.07, 6.45) is 2.25. The van der Waals surface area contributed by atoms with Crippen LogP contribution < -0.4 is 10.1 Å². The first-order chi connectivity index (χ1) is 8.88. The van der Waals surface area contributed by atoms with Crippen LogP contribution in [-0.2, 0) is 6.42 Å². The third-order valence-electron chi connectivity index (χ3n) is 4.08. The zero-order chi connectivity index (χ0) is 12.4. The number of ether oxygens (including phenoxy) is 1. The molecule has 1 aromatic carbocycles. The lowest BCUT2D eigenvalue weighted by atomic mass is 9.99. The third-order valence-corrected chi connectivity index (χ3v) is 4.08. The fraction of sp³-hybridized carbons (Fsp3) is 0.600. The Hall–Kier alpha value is -0.480. The summed E-state index contributed by atoms with van der Waals surface area (Å²) in [6.45, 7) is 7.69. The van der Waals surface area contributed by atoms with Crippen LogP contribution in [0.1, 0.15) is 30.5 Å². The topological polar surface area (TPSA) is 24.5 Å². The number of hydrogen-bond donors (Lipinski definition) is 1. The van der Waals surface area contributed by atoms with Gasteiger partial charge in [-0.3, -0.25) is 4.90 Å². The van der Waals surface area contributed by atoms with Crippen molar-refractivity contribution in [1.29, 1.82) is 0 Å². The number of piperazine rings is 1. The van der Waals surface area contributed by atoms with Crippen molar-refractivity contribution in [1.82, 2.24) is 10.2 Å². The normalized spacial score (nSPS) is 19.2.